The number of nitrogens with one attached hydrogen (secondary N) is 1. The molecule has 1 aromatic rings. The standard InChI is InChI=1S/C15H19FN2O/c1-10-14(16)7-11(9-17)8-15(10)18-12-3-5-13(19-2)6-4-12/h7-8,12-13,18H,3-6H2,1-2H3. The quantitative estimate of drug-likeness (QED) is 0.908. The van der Waals surface area contributed by atoms with Crippen LogP contribution >= 0.6 is 0 Å². The Bertz CT molecular complexity index is 488. The second kappa shape index (κ2) is 6.03. The SMILES string of the molecule is COC1CCC(Nc2cc(C#N)cc(F)c2C)CC1. The van der Waals surface area contributed by atoms with E-state index in [1.807, 2.05) is 6.07 Å². The van der Waals surface area contributed by atoms with E-state index < -0.39 is 0 Å². The molecule has 1 saturated carbocycles. The van der Waals surface area contributed by atoms with Crippen LogP contribution in [0.25, 0.3) is 0 Å². The van der Waals surface area contributed by atoms with Crippen molar-refractivity contribution in [2.75, 3.05) is 12.4 Å². The minimum Gasteiger partial charge on any atom is -0.382 e. The van der Waals surface area contributed by atoms with Crippen molar-refractivity contribution in [2.24, 2.45) is 0 Å². The van der Waals surface area contributed by atoms with Gasteiger partial charge in [-0.1, -0.05) is 0 Å². The monoisotopic (exact) mass is 262 g/mol. The van der Waals surface area contributed by atoms with Crippen LogP contribution in [-0.4, -0.2) is 19.3 Å². The maximum absolute atomic E-state index is 13.7. The molecule has 1 aliphatic carbocycles. The Balaban J connectivity index is 2.07. The minimum absolute atomic E-state index is 0.327. The number of methoxy groups -OCH3 is 1. The van der Waals surface area contributed by atoms with Gasteiger partial charge in [0.1, 0.15) is 5.82 Å². The van der Waals surface area contributed by atoms with E-state index >= 15 is 0 Å². The molecule has 0 radical (unpaired) electrons. The smallest absolute Gasteiger partial charge is 0.129 e. The fraction of sp³-hybridized carbons (Fsp3) is 0.533. The molecule has 0 saturated heterocycles. The van der Waals surface area contributed by atoms with Gasteiger partial charge in [-0.25, -0.2) is 4.39 Å². The molecular weight excluding hydrogens is 243 g/mol. The van der Waals surface area contributed by atoms with E-state index in [4.69, 9.17) is 10.00 Å². The number of nitriles is 1. The van der Waals surface area contributed by atoms with E-state index in [2.05, 4.69) is 5.32 Å². The summed E-state index contributed by atoms with van der Waals surface area (Å²) in [6, 6.07) is 5.32. The van der Waals surface area contributed by atoms with Gasteiger partial charge >= 0.3 is 0 Å². The van der Waals surface area contributed by atoms with E-state index in [0.717, 1.165) is 31.4 Å². The number of benzene rings is 1. The Hall–Kier alpha value is -1.60. The first-order valence-electron chi connectivity index (χ1n) is 6.63. The number of ether oxygens (including phenoxy) is 1. The van der Waals surface area contributed by atoms with Gasteiger partial charge in [0.15, 0.2) is 0 Å². The predicted molar refractivity (Wildman–Crippen MR) is 72.5 cm³/mol. The maximum atomic E-state index is 13.7. The van der Waals surface area contributed by atoms with Crippen LogP contribution in [0, 0.1) is 24.1 Å². The largest absolute Gasteiger partial charge is 0.382 e. The Morgan fingerprint density at radius 3 is 2.58 bits per heavy atom. The van der Waals surface area contributed by atoms with Gasteiger partial charge in [0, 0.05) is 24.4 Å². The van der Waals surface area contributed by atoms with E-state index in [-0.39, 0.29) is 5.82 Å². The maximum Gasteiger partial charge on any atom is 0.129 e. The molecular formula is C15H19FN2O. The van der Waals surface area contributed by atoms with Crippen molar-refractivity contribution in [2.45, 2.75) is 44.8 Å². The third-order valence-electron chi connectivity index (χ3n) is 3.84. The number of rotatable bonds is 3. The second-order valence-corrected chi connectivity index (χ2v) is 5.10. The van der Waals surface area contributed by atoms with Crippen LogP contribution in [0.15, 0.2) is 12.1 Å². The molecule has 0 atom stereocenters. The summed E-state index contributed by atoms with van der Waals surface area (Å²) >= 11 is 0. The van der Waals surface area contributed by atoms with Gasteiger partial charge in [-0.3, -0.25) is 0 Å². The van der Waals surface area contributed by atoms with Crippen LogP contribution in [0.2, 0.25) is 0 Å². The first kappa shape index (κ1) is 13.8. The number of hydrogen-bond donors (Lipinski definition) is 1. The summed E-state index contributed by atoms with van der Waals surface area (Å²) < 4.78 is 19.0. The second-order valence-electron chi connectivity index (χ2n) is 5.10. The highest BCUT2D eigenvalue weighted by atomic mass is 19.1. The zero-order valence-corrected chi connectivity index (χ0v) is 11.4. The lowest BCUT2D eigenvalue weighted by atomic mass is 9.92. The van der Waals surface area contributed by atoms with Gasteiger partial charge in [0.2, 0.25) is 0 Å². The van der Waals surface area contributed by atoms with E-state index in [0.29, 0.717) is 23.3 Å². The minimum atomic E-state index is -0.327. The van der Waals surface area contributed by atoms with E-state index in [1.54, 1.807) is 20.1 Å². The first-order chi connectivity index (χ1) is 9.13. The molecule has 0 aliphatic heterocycles. The fourth-order valence-electron chi connectivity index (χ4n) is 2.56. The molecule has 0 aromatic heterocycles. The van der Waals surface area contributed by atoms with Gasteiger partial charge < -0.3 is 10.1 Å². The Labute approximate surface area is 113 Å². The summed E-state index contributed by atoms with van der Waals surface area (Å²) in [6.45, 7) is 1.74. The number of hydrogen-bond acceptors (Lipinski definition) is 3. The van der Waals surface area contributed by atoms with Crippen LogP contribution in [-0.2, 0) is 4.74 Å². The zero-order valence-electron chi connectivity index (χ0n) is 11.4. The summed E-state index contributed by atoms with van der Waals surface area (Å²) in [6.07, 6.45) is 4.41. The molecule has 0 amide bonds. The van der Waals surface area contributed by atoms with Crippen molar-refractivity contribution in [1.29, 1.82) is 5.26 Å². The molecule has 1 fully saturated rings. The van der Waals surface area contributed by atoms with Crippen molar-refractivity contribution >= 4 is 5.69 Å². The molecule has 1 aliphatic rings. The molecule has 0 heterocycles. The van der Waals surface area contributed by atoms with Crippen molar-refractivity contribution in [3.05, 3.63) is 29.1 Å². The average molecular weight is 262 g/mol. The van der Waals surface area contributed by atoms with E-state index in [1.165, 1.54) is 6.07 Å². The molecule has 1 aromatic carbocycles. The summed E-state index contributed by atoms with van der Waals surface area (Å²) in [4.78, 5) is 0. The molecule has 1 N–H and O–H groups in total. The third kappa shape index (κ3) is 3.24. The predicted octanol–water partition coefficient (Wildman–Crippen LogP) is 3.38. The fourth-order valence-corrected chi connectivity index (χ4v) is 2.56. The first-order valence-corrected chi connectivity index (χ1v) is 6.63. The van der Waals surface area contributed by atoms with Crippen LogP contribution in [0.4, 0.5) is 10.1 Å². The van der Waals surface area contributed by atoms with Crippen molar-refractivity contribution in [1.82, 2.24) is 0 Å². The third-order valence-corrected chi connectivity index (χ3v) is 3.84. The van der Waals surface area contributed by atoms with Crippen molar-refractivity contribution in [3.63, 3.8) is 0 Å². The highest BCUT2D eigenvalue weighted by Gasteiger charge is 2.21. The molecule has 3 nitrogen and oxygen atoms in total. The highest BCUT2D eigenvalue weighted by molar-refractivity contribution is 5.56. The molecule has 2 rings (SSSR count). The normalized spacial score (nSPS) is 22.8. The van der Waals surface area contributed by atoms with E-state index in [9.17, 15) is 4.39 Å². The van der Waals surface area contributed by atoms with Gasteiger partial charge in [0.05, 0.1) is 17.7 Å². The lowest BCUT2D eigenvalue weighted by Gasteiger charge is -2.29. The van der Waals surface area contributed by atoms with Crippen LogP contribution in [0.3, 0.4) is 0 Å². The topological polar surface area (TPSA) is 45.0 Å². The zero-order chi connectivity index (χ0) is 13.8. The molecule has 0 bridgehead atoms. The lowest BCUT2D eigenvalue weighted by molar-refractivity contribution is 0.0682. The summed E-state index contributed by atoms with van der Waals surface area (Å²) in [5, 5.41) is 12.3. The van der Waals surface area contributed by atoms with Gasteiger partial charge in [-0.05, 0) is 44.7 Å². The molecule has 0 spiro atoms. The molecule has 19 heavy (non-hydrogen) atoms. The highest BCUT2D eigenvalue weighted by Crippen LogP contribution is 2.27. The average Bonchev–Trinajstić information content (AvgIpc) is 2.44. The molecule has 102 valence electrons. The van der Waals surface area contributed by atoms with Gasteiger partial charge in [-0.15, -0.1) is 0 Å². The van der Waals surface area contributed by atoms with Gasteiger partial charge in [0.25, 0.3) is 0 Å². The van der Waals surface area contributed by atoms with Crippen molar-refractivity contribution < 1.29 is 9.13 Å². The Morgan fingerprint density at radius 1 is 1.32 bits per heavy atom. The summed E-state index contributed by atoms with van der Waals surface area (Å²) in [5.41, 5.74) is 1.67. The van der Waals surface area contributed by atoms with Crippen LogP contribution in [0.5, 0.6) is 0 Å². The summed E-state index contributed by atoms with van der Waals surface area (Å²) in [5.74, 6) is -0.327. The Kier molecular flexibility index (Phi) is 4.39. The van der Waals surface area contributed by atoms with Crippen molar-refractivity contribution in [3.8, 4) is 6.07 Å². The molecule has 0 unspecified atom stereocenters. The molecule has 4 heteroatoms. The number of anilines is 1. The van der Waals surface area contributed by atoms with Crippen LogP contribution < -0.4 is 5.32 Å². The Morgan fingerprint density at radius 2 is 2.00 bits per heavy atom. The number of halogens is 1. The summed E-state index contributed by atoms with van der Waals surface area (Å²) in [7, 11) is 1.74. The van der Waals surface area contributed by atoms with Gasteiger partial charge in [-0.2, -0.15) is 5.26 Å². The lowest BCUT2D eigenvalue weighted by Crippen LogP contribution is -2.29. The number of nitrogens with zero attached hydrogens (tertiary/aromatic N) is 1. The van der Waals surface area contributed by atoms with Crippen LogP contribution in [0.1, 0.15) is 36.8 Å².